The molecule has 2 heteroatoms. The second kappa shape index (κ2) is 3.93. The topological polar surface area (TPSA) is 17.8 Å². The fraction of sp³-hybridized carbons (Fsp3) is 0.0667. The Morgan fingerprint density at radius 2 is 1.82 bits per heavy atom. The molecule has 0 bridgehead atoms. The molecule has 0 aliphatic heterocycles. The first-order chi connectivity index (χ1) is 8.36. The first-order valence-corrected chi connectivity index (χ1v) is 5.57. The van der Waals surface area contributed by atoms with Crippen LogP contribution in [0.25, 0.3) is 23.5 Å². The van der Waals surface area contributed by atoms with Gasteiger partial charge in [0.25, 0.3) is 0 Å². The average Bonchev–Trinajstić information content (AvgIpc) is 2.56. The number of aromatic nitrogens is 2. The van der Waals surface area contributed by atoms with Crippen molar-refractivity contribution >= 4 is 12.2 Å². The molecule has 2 aromatic rings. The van der Waals surface area contributed by atoms with Crippen molar-refractivity contribution in [3.63, 3.8) is 0 Å². The molecule has 1 aliphatic carbocycles. The summed E-state index contributed by atoms with van der Waals surface area (Å²) in [5.74, 6) is 0.992. The van der Waals surface area contributed by atoms with E-state index in [0.717, 1.165) is 22.1 Å². The summed E-state index contributed by atoms with van der Waals surface area (Å²) in [7, 11) is 2.04. The lowest BCUT2D eigenvalue weighted by molar-refractivity contribution is 0.892. The standard InChI is InChI=1S/C15H12N2/c1-17-14-11-7-3-6-10-13(14)16-15(17)12-8-4-2-5-9-12/h2,4-11H,1H3. The van der Waals surface area contributed by atoms with Crippen LogP contribution in [0.1, 0.15) is 0 Å². The summed E-state index contributed by atoms with van der Waals surface area (Å²) in [6.07, 6.45) is 7.83. The van der Waals surface area contributed by atoms with Gasteiger partial charge >= 0.3 is 0 Å². The molecule has 0 atom stereocenters. The Kier molecular flexibility index (Phi) is 2.28. The van der Waals surface area contributed by atoms with E-state index in [4.69, 9.17) is 0 Å². The fourth-order valence-corrected chi connectivity index (χ4v) is 2.01. The highest BCUT2D eigenvalue weighted by atomic mass is 15.0. The van der Waals surface area contributed by atoms with Crippen molar-refractivity contribution in [2.75, 3.05) is 0 Å². The number of fused-ring (bicyclic) bond motifs is 1. The van der Waals surface area contributed by atoms with Crippen molar-refractivity contribution in [2.45, 2.75) is 0 Å². The van der Waals surface area contributed by atoms with E-state index < -0.39 is 0 Å². The summed E-state index contributed by atoms with van der Waals surface area (Å²) in [6.45, 7) is 0. The molecule has 17 heavy (non-hydrogen) atoms. The second-order valence-corrected chi connectivity index (χ2v) is 3.96. The van der Waals surface area contributed by atoms with Crippen LogP contribution in [0.2, 0.25) is 0 Å². The quantitative estimate of drug-likeness (QED) is 0.664. The number of rotatable bonds is 1. The maximum absolute atomic E-state index is 4.67. The molecule has 1 aromatic carbocycles. The van der Waals surface area contributed by atoms with Crippen molar-refractivity contribution in [3.05, 3.63) is 58.9 Å². The van der Waals surface area contributed by atoms with Crippen LogP contribution in [0.15, 0.2) is 48.2 Å². The van der Waals surface area contributed by atoms with Gasteiger partial charge in [-0.2, -0.15) is 0 Å². The van der Waals surface area contributed by atoms with Crippen LogP contribution in [0.5, 0.6) is 0 Å². The van der Waals surface area contributed by atoms with Gasteiger partial charge in [-0.25, -0.2) is 4.98 Å². The van der Waals surface area contributed by atoms with Crippen LogP contribution in [0.4, 0.5) is 0 Å². The largest absolute Gasteiger partial charge is 0.327 e. The Morgan fingerprint density at radius 3 is 2.65 bits per heavy atom. The molecular weight excluding hydrogens is 208 g/mol. The van der Waals surface area contributed by atoms with Gasteiger partial charge in [-0.05, 0) is 24.3 Å². The number of nitrogens with zero attached hydrogens (tertiary/aromatic N) is 2. The normalized spacial score (nSPS) is 12.5. The first kappa shape index (κ1) is 9.88. The van der Waals surface area contributed by atoms with Gasteiger partial charge in [-0.1, -0.05) is 30.3 Å². The molecule has 0 N–H and O–H groups in total. The predicted molar refractivity (Wildman–Crippen MR) is 69.5 cm³/mol. The zero-order valence-corrected chi connectivity index (χ0v) is 9.59. The highest BCUT2D eigenvalue weighted by Gasteiger charge is 2.06. The lowest BCUT2D eigenvalue weighted by Crippen LogP contribution is -2.27. The Hall–Kier alpha value is -2.31. The van der Waals surface area contributed by atoms with Crippen molar-refractivity contribution < 1.29 is 0 Å². The minimum absolute atomic E-state index is 0.992. The average molecular weight is 220 g/mol. The van der Waals surface area contributed by atoms with Crippen molar-refractivity contribution in [1.29, 1.82) is 0 Å². The van der Waals surface area contributed by atoms with Gasteiger partial charge in [-0.15, -0.1) is 5.73 Å². The fourth-order valence-electron chi connectivity index (χ4n) is 2.01. The minimum atomic E-state index is 0.992. The van der Waals surface area contributed by atoms with E-state index in [-0.39, 0.29) is 0 Å². The van der Waals surface area contributed by atoms with Gasteiger partial charge in [-0.3, -0.25) is 0 Å². The molecular formula is C15H12N2. The van der Waals surface area contributed by atoms with Gasteiger partial charge in [0.2, 0.25) is 0 Å². The lowest BCUT2D eigenvalue weighted by atomic mass is 10.2. The van der Waals surface area contributed by atoms with Gasteiger partial charge < -0.3 is 4.57 Å². The lowest BCUT2D eigenvalue weighted by Gasteiger charge is -2.00. The number of benzene rings is 1. The summed E-state index contributed by atoms with van der Waals surface area (Å²) >= 11 is 0. The van der Waals surface area contributed by atoms with Crippen LogP contribution in [-0.2, 0) is 7.05 Å². The number of allylic oxidation sites excluding steroid dienone is 1. The first-order valence-electron chi connectivity index (χ1n) is 5.57. The maximum atomic E-state index is 4.67. The highest BCUT2D eigenvalue weighted by Crippen LogP contribution is 2.12. The Balaban J connectivity index is 2.31. The molecule has 1 heterocycles. The van der Waals surface area contributed by atoms with Crippen LogP contribution < -0.4 is 10.7 Å². The molecule has 1 aromatic heterocycles. The van der Waals surface area contributed by atoms with Crippen LogP contribution >= 0.6 is 0 Å². The van der Waals surface area contributed by atoms with Crippen molar-refractivity contribution in [3.8, 4) is 11.4 Å². The SMILES string of the molecule is Cn1c(-c2ccccc2)nc2c1=CC=C=CC=2. The van der Waals surface area contributed by atoms with Gasteiger partial charge in [0.15, 0.2) is 0 Å². The molecule has 0 fully saturated rings. The third-order valence-electron chi connectivity index (χ3n) is 2.87. The Labute approximate surface area is 99.6 Å². The molecule has 0 saturated heterocycles. The van der Waals surface area contributed by atoms with E-state index in [9.17, 15) is 0 Å². The Bertz CT molecular complexity index is 727. The zero-order valence-electron chi connectivity index (χ0n) is 9.59. The monoisotopic (exact) mass is 220 g/mol. The predicted octanol–water partition coefficient (Wildman–Crippen LogP) is 1.37. The molecule has 2 nitrogen and oxygen atoms in total. The van der Waals surface area contributed by atoms with E-state index in [2.05, 4.69) is 27.4 Å². The number of hydrogen-bond acceptors (Lipinski definition) is 1. The van der Waals surface area contributed by atoms with Crippen LogP contribution in [0, 0.1) is 0 Å². The molecule has 0 radical (unpaired) electrons. The smallest absolute Gasteiger partial charge is 0.140 e. The molecule has 0 saturated carbocycles. The molecule has 0 spiro atoms. The highest BCUT2D eigenvalue weighted by molar-refractivity contribution is 5.57. The van der Waals surface area contributed by atoms with E-state index >= 15 is 0 Å². The second-order valence-electron chi connectivity index (χ2n) is 3.96. The van der Waals surface area contributed by atoms with Gasteiger partial charge in [0.05, 0.1) is 10.7 Å². The summed E-state index contributed by atoms with van der Waals surface area (Å²) in [4.78, 5) is 4.67. The van der Waals surface area contributed by atoms with Crippen molar-refractivity contribution in [1.82, 2.24) is 9.55 Å². The maximum Gasteiger partial charge on any atom is 0.140 e. The number of hydrogen-bond donors (Lipinski definition) is 0. The summed E-state index contributed by atoms with van der Waals surface area (Å²) in [5, 5.41) is 2.11. The minimum Gasteiger partial charge on any atom is -0.327 e. The molecule has 3 rings (SSSR count). The summed E-state index contributed by atoms with van der Waals surface area (Å²) < 4.78 is 2.11. The van der Waals surface area contributed by atoms with Crippen LogP contribution in [-0.4, -0.2) is 9.55 Å². The zero-order chi connectivity index (χ0) is 11.7. The molecule has 0 unspecified atom stereocenters. The summed E-state index contributed by atoms with van der Waals surface area (Å²) in [5.41, 5.74) is 4.19. The van der Waals surface area contributed by atoms with Crippen molar-refractivity contribution in [2.24, 2.45) is 7.05 Å². The molecule has 0 amide bonds. The summed E-state index contributed by atoms with van der Waals surface area (Å²) in [6, 6.07) is 10.2. The van der Waals surface area contributed by atoms with Gasteiger partial charge in [0.1, 0.15) is 5.82 Å². The van der Waals surface area contributed by atoms with E-state index in [0.29, 0.717) is 0 Å². The van der Waals surface area contributed by atoms with E-state index in [1.165, 1.54) is 0 Å². The third kappa shape index (κ3) is 1.65. The Morgan fingerprint density at radius 1 is 1.06 bits per heavy atom. The van der Waals surface area contributed by atoms with Crippen LogP contribution in [0.3, 0.4) is 0 Å². The third-order valence-corrected chi connectivity index (χ3v) is 2.87. The molecule has 82 valence electrons. The van der Waals surface area contributed by atoms with Gasteiger partial charge in [0, 0.05) is 12.6 Å². The number of imidazole rings is 1. The van der Waals surface area contributed by atoms with E-state index in [1.54, 1.807) is 0 Å². The van der Waals surface area contributed by atoms with E-state index in [1.807, 2.05) is 49.6 Å². The molecule has 1 aliphatic rings.